The average molecular weight is 175 g/mol. The lowest BCUT2D eigenvalue weighted by Crippen LogP contribution is -2.31. The van der Waals surface area contributed by atoms with Crippen LogP contribution in [0.4, 0.5) is 0 Å². The van der Waals surface area contributed by atoms with Crippen molar-refractivity contribution in [2.24, 2.45) is 5.73 Å². The summed E-state index contributed by atoms with van der Waals surface area (Å²) in [5, 5.41) is 0. The topological polar surface area (TPSA) is 78.6 Å². The van der Waals surface area contributed by atoms with Crippen LogP contribution in [0.25, 0.3) is 0 Å². The summed E-state index contributed by atoms with van der Waals surface area (Å²) in [6.45, 7) is 2.72. The first-order valence-electron chi connectivity index (χ1n) is 3.57. The van der Waals surface area contributed by atoms with Crippen molar-refractivity contribution in [2.75, 3.05) is 13.2 Å². The summed E-state index contributed by atoms with van der Waals surface area (Å²) in [6, 6.07) is 0. The van der Waals surface area contributed by atoms with Gasteiger partial charge in [-0.3, -0.25) is 9.59 Å². The number of hydrogen-bond donors (Lipinski definition) is 1. The molecule has 0 aliphatic rings. The Bertz CT molecular complexity index is 169. The molecule has 0 fully saturated rings. The van der Waals surface area contributed by atoms with Gasteiger partial charge in [0.15, 0.2) is 0 Å². The van der Waals surface area contributed by atoms with Crippen LogP contribution < -0.4 is 5.73 Å². The van der Waals surface area contributed by atoms with Crippen molar-refractivity contribution in [3.05, 3.63) is 0 Å². The van der Waals surface area contributed by atoms with E-state index in [1.165, 1.54) is 13.8 Å². The molecule has 0 rings (SSSR count). The molecule has 0 saturated heterocycles. The van der Waals surface area contributed by atoms with Gasteiger partial charge in [-0.05, 0) is 0 Å². The summed E-state index contributed by atoms with van der Waals surface area (Å²) in [7, 11) is 0. The Morgan fingerprint density at radius 2 is 1.92 bits per heavy atom. The van der Waals surface area contributed by atoms with Crippen LogP contribution in [0.3, 0.4) is 0 Å². The lowest BCUT2D eigenvalue weighted by Gasteiger charge is -2.13. The van der Waals surface area contributed by atoms with E-state index in [2.05, 4.69) is 4.74 Å². The van der Waals surface area contributed by atoms with Gasteiger partial charge in [0, 0.05) is 20.4 Å². The van der Waals surface area contributed by atoms with E-state index in [1.807, 2.05) is 0 Å². The molecule has 0 aromatic heterocycles. The minimum absolute atomic E-state index is 0.0193. The average Bonchev–Trinajstić information content (AvgIpc) is 1.97. The summed E-state index contributed by atoms with van der Waals surface area (Å²) < 4.78 is 9.31. The fourth-order valence-electron chi connectivity index (χ4n) is 0.595. The number of rotatable bonds is 4. The lowest BCUT2D eigenvalue weighted by atomic mass is 10.4. The quantitative estimate of drug-likeness (QED) is 0.579. The highest BCUT2D eigenvalue weighted by molar-refractivity contribution is 5.67. The Morgan fingerprint density at radius 3 is 2.25 bits per heavy atom. The van der Waals surface area contributed by atoms with E-state index >= 15 is 0 Å². The van der Waals surface area contributed by atoms with Crippen molar-refractivity contribution in [1.29, 1.82) is 0 Å². The number of esters is 2. The molecule has 2 N–H and O–H groups in total. The standard InChI is InChI=1S/C7H13NO4/c1-5(9)11-4-7(3-8)12-6(2)10/h7H,3-4,8H2,1-2H3. The van der Waals surface area contributed by atoms with Crippen LogP contribution in [0.2, 0.25) is 0 Å². The Morgan fingerprint density at radius 1 is 1.33 bits per heavy atom. The molecular weight excluding hydrogens is 162 g/mol. The van der Waals surface area contributed by atoms with E-state index in [-0.39, 0.29) is 13.2 Å². The van der Waals surface area contributed by atoms with Gasteiger partial charge in [-0.25, -0.2) is 0 Å². The van der Waals surface area contributed by atoms with Gasteiger partial charge >= 0.3 is 11.9 Å². The smallest absolute Gasteiger partial charge is 0.303 e. The third-order valence-corrected chi connectivity index (χ3v) is 1.07. The highest BCUT2D eigenvalue weighted by Gasteiger charge is 2.10. The molecule has 0 aliphatic carbocycles. The van der Waals surface area contributed by atoms with Crippen LogP contribution in [0.15, 0.2) is 0 Å². The molecule has 12 heavy (non-hydrogen) atoms. The van der Waals surface area contributed by atoms with Gasteiger partial charge < -0.3 is 15.2 Å². The maximum atomic E-state index is 10.4. The number of carbonyl (C=O) groups is 2. The maximum absolute atomic E-state index is 10.4. The largest absolute Gasteiger partial charge is 0.462 e. The Hall–Kier alpha value is -1.10. The van der Waals surface area contributed by atoms with E-state index in [9.17, 15) is 9.59 Å². The van der Waals surface area contributed by atoms with Gasteiger partial charge in [-0.15, -0.1) is 0 Å². The van der Waals surface area contributed by atoms with Crippen LogP contribution in [0, 0.1) is 0 Å². The highest BCUT2D eigenvalue weighted by atomic mass is 16.6. The molecule has 1 atom stereocenters. The molecule has 1 unspecified atom stereocenters. The van der Waals surface area contributed by atoms with Gasteiger partial charge in [0.1, 0.15) is 12.7 Å². The van der Waals surface area contributed by atoms with Gasteiger partial charge in [0.25, 0.3) is 0 Å². The van der Waals surface area contributed by atoms with Crippen LogP contribution in [-0.4, -0.2) is 31.2 Å². The first kappa shape index (κ1) is 10.9. The lowest BCUT2D eigenvalue weighted by molar-refractivity contribution is -0.155. The number of carbonyl (C=O) groups excluding carboxylic acids is 2. The molecule has 0 spiro atoms. The molecule has 0 amide bonds. The summed E-state index contributed by atoms with van der Waals surface area (Å²) in [5.74, 6) is -0.849. The molecule has 0 aromatic carbocycles. The first-order valence-corrected chi connectivity index (χ1v) is 3.57. The van der Waals surface area contributed by atoms with E-state index in [0.717, 1.165) is 0 Å². The second kappa shape index (κ2) is 5.54. The van der Waals surface area contributed by atoms with Crippen LogP contribution >= 0.6 is 0 Å². The highest BCUT2D eigenvalue weighted by Crippen LogP contribution is 1.92. The molecule has 0 aromatic rings. The third-order valence-electron chi connectivity index (χ3n) is 1.07. The zero-order chi connectivity index (χ0) is 9.56. The number of nitrogens with two attached hydrogens (primary N) is 1. The van der Waals surface area contributed by atoms with E-state index in [0.29, 0.717) is 0 Å². The third kappa shape index (κ3) is 5.67. The molecule has 0 saturated carbocycles. The van der Waals surface area contributed by atoms with E-state index in [4.69, 9.17) is 10.5 Å². The monoisotopic (exact) mass is 175 g/mol. The molecular formula is C7H13NO4. The fourth-order valence-corrected chi connectivity index (χ4v) is 0.595. The van der Waals surface area contributed by atoms with Gasteiger partial charge in [0.2, 0.25) is 0 Å². The van der Waals surface area contributed by atoms with Crippen LogP contribution in [0.1, 0.15) is 13.8 Å². The van der Waals surface area contributed by atoms with Gasteiger partial charge in [-0.2, -0.15) is 0 Å². The first-order chi connectivity index (χ1) is 5.56. The normalized spacial score (nSPS) is 11.9. The van der Waals surface area contributed by atoms with E-state index in [1.54, 1.807) is 0 Å². The van der Waals surface area contributed by atoms with Crippen molar-refractivity contribution in [3.8, 4) is 0 Å². The molecule has 70 valence electrons. The van der Waals surface area contributed by atoms with Crippen LogP contribution in [-0.2, 0) is 19.1 Å². The van der Waals surface area contributed by atoms with Crippen molar-refractivity contribution < 1.29 is 19.1 Å². The minimum Gasteiger partial charge on any atom is -0.462 e. The summed E-state index contributed by atoms with van der Waals surface area (Å²) in [6.07, 6.45) is -0.536. The molecule has 0 aliphatic heterocycles. The summed E-state index contributed by atoms with van der Waals surface area (Å²) in [5.41, 5.74) is 5.24. The Labute approximate surface area is 70.8 Å². The maximum Gasteiger partial charge on any atom is 0.303 e. The van der Waals surface area contributed by atoms with Crippen molar-refractivity contribution in [3.63, 3.8) is 0 Å². The summed E-state index contributed by atoms with van der Waals surface area (Å²) in [4.78, 5) is 20.8. The molecule has 5 nitrogen and oxygen atoms in total. The number of hydrogen-bond acceptors (Lipinski definition) is 5. The minimum atomic E-state index is -0.536. The zero-order valence-electron chi connectivity index (χ0n) is 7.20. The molecule has 0 heterocycles. The van der Waals surface area contributed by atoms with E-state index < -0.39 is 18.0 Å². The van der Waals surface area contributed by atoms with Crippen molar-refractivity contribution in [2.45, 2.75) is 20.0 Å². The zero-order valence-corrected chi connectivity index (χ0v) is 7.20. The predicted octanol–water partition coefficient (Wildman–Crippen LogP) is -0.560. The molecule has 5 heteroatoms. The Balaban J connectivity index is 3.67. The van der Waals surface area contributed by atoms with Crippen molar-refractivity contribution >= 4 is 11.9 Å². The Kier molecular flexibility index (Phi) is 5.03. The second-order valence-corrected chi connectivity index (χ2v) is 2.27. The van der Waals surface area contributed by atoms with Crippen molar-refractivity contribution in [1.82, 2.24) is 0 Å². The SMILES string of the molecule is CC(=O)OCC(CN)OC(C)=O. The van der Waals surface area contributed by atoms with Gasteiger partial charge in [-0.1, -0.05) is 0 Å². The second-order valence-electron chi connectivity index (χ2n) is 2.27. The van der Waals surface area contributed by atoms with Crippen LogP contribution in [0.5, 0.6) is 0 Å². The summed E-state index contributed by atoms with van der Waals surface area (Å²) >= 11 is 0. The number of ether oxygens (including phenoxy) is 2. The van der Waals surface area contributed by atoms with Gasteiger partial charge in [0.05, 0.1) is 0 Å². The molecule has 0 bridgehead atoms. The fraction of sp³-hybridized carbons (Fsp3) is 0.714. The predicted molar refractivity (Wildman–Crippen MR) is 41.2 cm³/mol. The molecule has 0 radical (unpaired) electrons.